The average molecular weight is 507 g/mol. The van der Waals surface area contributed by atoms with Gasteiger partial charge in [-0.1, -0.05) is 36.3 Å². The quantitative estimate of drug-likeness (QED) is 0.237. The van der Waals surface area contributed by atoms with Crippen molar-refractivity contribution in [2.45, 2.75) is 52.0 Å². The Morgan fingerprint density at radius 3 is 2.46 bits per heavy atom. The van der Waals surface area contributed by atoms with E-state index in [0.29, 0.717) is 29.2 Å². The van der Waals surface area contributed by atoms with Gasteiger partial charge in [0.1, 0.15) is 10.8 Å². The Kier molecular flexibility index (Phi) is 8.86. The van der Waals surface area contributed by atoms with Crippen LogP contribution in [-0.2, 0) is 28.8 Å². The van der Waals surface area contributed by atoms with E-state index in [0.717, 1.165) is 34.7 Å². The fourth-order valence-corrected chi connectivity index (χ4v) is 4.10. The molecule has 0 aliphatic carbocycles. The number of aliphatic carboxylic acids is 1. The number of rotatable bonds is 11. The van der Waals surface area contributed by atoms with E-state index in [9.17, 15) is 18.0 Å². The van der Waals surface area contributed by atoms with Crippen molar-refractivity contribution in [2.24, 2.45) is 5.16 Å². The van der Waals surface area contributed by atoms with Gasteiger partial charge in [0, 0.05) is 11.8 Å². The van der Waals surface area contributed by atoms with Gasteiger partial charge < -0.3 is 14.7 Å². The molecule has 6 nitrogen and oxygen atoms in total. The molecule has 1 heterocycles. The maximum absolute atomic E-state index is 12.7. The average Bonchev–Trinajstić information content (AvgIpc) is 3.20. The second kappa shape index (κ2) is 11.8. The Balaban J connectivity index is 1.45. The van der Waals surface area contributed by atoms with Gasteiger partial charge in [0.15, 0.2) is 12.7 Å². The lowest BCUT2D eigenvalue weighted by molar-refractivity contribution is -0.145. The van der Waals surface area contributed by atoms with Crippen molar-refractivity contribution in [1.29, 1.82) is 0 Å². The molecule has 0 saturated carbocycles. The first kappa shape index (κ1) is 26.2. The van der Waals surface area contributed by atoms with Crippen LogP contribution in [0, 0.1) is 6.92 Å². The summed E-state index contributed by atoms with van der Waals surface area (Å²) in [5.74, 6) is -0.479. The molecule has 35 heavy (non-hydrogen) atoms. The predicted molar refractivity (Wildman–Crippen MR) is 128 cm³/mol. The minimum absolute atomic E-state index is 0.217. The zero-order valence-corrected chi connectivity index (χ0v) is 20.0. The Labute approximate surface area is 205 Å². The number of carboxylic acids is 1. The molecule has 1 aromatic heterocycles. The maximum atomic E-state index is 12.7. The van der Waals surface area contributed by atoms with Gasteiger partial charge in [-0.05, 0) is 56.0 Å². The SMILES string of the molecule is CCC(Oc1ccc(CCC=NOCc2sc(-c3ccc(C(F)(F)F)cc3)nc2C)cc1)C(=O)O. The third kappa shape index (κ3) is 7.54. The van der Waals surface area contributed by atoms with Crippen LogP contribution >= 0.6 is 11.3 Å². The fraction of sp³-hybridized carbons (Fsp3) is 0.320. The summed E-state index contributed by atoms with van der Waals surface area (Å²) in [6.45, 7) is 3.79. The summed E-state index contributed by atoms with van der Waals surface area (Å²) in [6.07, 6.45) is -1.82. The zero-order chi connectivity index (χ0) is 25.4. The molecule has 0 radical (unpaired) electrons. The van der Waals surface area contributed by atoms with Gasteiger partial charge in [0.05, 0.1) is 16.1 Å². The van der Waals surface area contributed by atoms with Crippen LogP contribution in [0.3, 0.4) is 0 Å². The van der Waals surface area contributed by atoms with Gasteiger partial charge in [0.2, 0.25) is 0 Å². The highest BCUT2D eigenvalue weighted by molar-refractivity contribution is 7.15. The standard InChI is InChI=1S/C25H25F3N2O4S/c1-3-21(24(31)32)34-20-12-6-17(7-13-20)5-4-14-29-33-15-22-16(2)30-23(35-22)18-8-10-19(11-9-18)25(26,27)28/h6-14,21H,3-5,15H2,1-2H3,(H,31,32). The van der Waals surface area contributed by atoms with Crippen molar-refractivity contribution in [3.05, 3.63) is 70.2 Å². The highest BCUT2D eigenvalue weighted by Crippen LogP contribution is 2.33. The zero-order valence-electron chi connectivity index (χ0n) is 19.2. The number of ether oxygens (including phenoxy) is 1. The highest BCUT2D eigenvalue weighted by Gasteiger charge is 2.30. The summed E-state index contributed by atoms with van der Waals surface area (Å²) in [5, 5.41) is 13.7. The summed E-state index contributed by atoms with van der Waals surface area (Å²) in [7, 11) is 0. The summed E-state index contributed by atoms with van der Waals surface area (Å²) in [4.78, 5) is 21.7. The van der Waals surface area contributed by atoms with Crippen molar-refractivity contribution in [2.75, 3.05) is 0 Å². The van der Waals surface area contributed by atoms with Crippen LogP contribution in [0.5, 0.6) is 5.75 Å². The third-order valence-electron chi connectivity index (χ3n) is 5.11. The van der Waals surface area contributed by atoms with Crippen LogP contribution < -0.4 is 4.74 Å². The number of benzene rings is 2. The van der Waals surface area contributed by atoms with Gasteiger partial charge in [-0.2, -0.15) is 13.2 Å². The van der Waals surface area contributed by atoms with Gasteiger partial charge in [-0.15, -0.1) is 11.3 Å². The number of oxime groups is 1. The van der Waals surface area contributed by atoms with Crippen LogP contribution in [0.1, 0.15) is 41.5 Å². The minimum Gasteiger partial charge on any atom is -0.479 e. The third-order valence-corrected chi connectivity index (χ3v) is 6.29. The molecule has 1 unspecified atom stereocenters. The molecule has 0 saturated heterocycles. The number of aromatic nitrogens is 1. The minimum atomic E-state index is -4.37. The van der Waals surface area contributed by atoms with Gasteiger partial charge in [-0.3, -0.25) is 0 Å². The second-order valence-electron chi connectivity index (χ2n) is 7.70. The Morgan fingerprint density at radius 2 is 1.86 bits per heavy atom. The van der Waals surface area contributed by atoms with Gasteiger partial charge in [0.25, 0.3) is 0 Å². The lowest BCUT2D eigenvalue weighted by Gasteiger charge is -2.13. The first-order valence-corrected chi connectivity index (χ1v) is 11.7. The van der Waals surface area contributed by atoms with E-state index in [-0.39, 0.29) is 6.61 Å². The number of hydrogen-bond acceptors (Lipinski definition) is 6. The Hall–Kier alpha value is -3.40. The molecule has 0 bridgehead atoms. The van der Waals surface area contributed by atoms with Crippen molar-refractivity contribution in [1.82, 2.24) is 4.98 Å². The molecule has 3 aromatic rings. The van der Waals surface area contributed by atoms with Crippen LogP contribution in [0.15, 0.2) is 53.7 Å². The number of halogens is 3. The number of carboxylic acid groups (broad SMARTS) is 1. The van der Waals surface area contributed by atoms with E-state index in [2.05, 4.69) is 10.1 Å². The van der Waals surface area contributed by atoms with E-state index in [1.165, 1.54) is 23.5 Å². The molecule has 10 heteroatoms. The summed E-state index contributed by atoms with van der Waals surface area (Å²) >= 11 is 1.36. The molecule has 0 fully saturated rings. The molecule has 3 rings (SSSR count). The summed E-state index contributed by atoms with van der Waals surface area (Å²) in [6, 6.07) is 12.2. The van der Waals surface area contributed by atoms with Crippen LogP contribution in [-0.4, -0.2) is 28.4 Å². The Bertz CT molecular complexity index is 1140. The molecular weight excluding hydrogens is 481 g/mol. The molecule has 1 atom stereocenters. The van der Waals surface area contributed by atoms with Crippen LogP contribution in [0.2, 0.25) is 0 Å². The summed E-state index contributed by atoms with van der Waals surface area (Å²) < 4.78 is 43.7. The topological polar surface area (TPSA) is 81.0 Å². The molecule has 0 spiro atoms. The smallest absolute Gasteiger partial charge is 0.416 e. The molecule has 0 aliphatic rings. The van der Waals surface area contributed by atoms with E-state index in [4.69, 9.17) is 14.7 Å². The summed E-state index contributed by atoms with van der Waals surface area (Å²) in [5.41, 5.74) is 1.72. The second-order valence-corrected chi connectivity index (χ2v) is 8.78. The molecule has 2 aromatic carbocycles. The molecular formula is C25H25F3N2O4S. The highest BCUT2D eigenvalue weighted by atomic mass is 32.1. The number of aryl methyl sites for hydroxylation is 2. The predicted octanol–water partition coefficient (Wildman–Crippen LogP) is 6.51. The first-order chi connectivity index (χ1) is 16.7. The van der Waals surface area contributed by atoms with E-state index in [1.807, 2.05) is 19.1 Å². The monoisotopic (exact) mass is 506 g/mol. The van der Waals surface area contributed by atoms with Gasteiger partial charge in [-0.25, -0.2) is 9.78 Å². The van der Waals surface area contributed by atoms with E-state index >= 15 is 0 Å². The fourth-order valence-electron chi connectivity index (χ4n) is 3.13. The van der Waals surface area contributed by atoms with Crippen molar-refractivity contribution in [3.63, 3.8) is 0 Å². The van der Waals surface area contributed by atoms with Crippen molar-refractivity contribution in [3.8, 4) is 16.3 Å². The number of thiazole rings is 1. The maximum Gasteiger partial charge on any atom is 0.416 e. The molecule has 1 N–H and O–H groups in total. The lowest BCUT2D eigenvalue weighted by Crippen LogP contribution is -2.25. The largest absolute Gasteiger partial charge is 0.479 e. The van der Waals surface area contributed by atoms with E-state index < -0.39 is 23.8 Å². The van der Waals surface area contributed by atoms with Crippen molar-refractivity contribution < 1.29 is 32.6 Å². The van der Waals surface area contributed by atoms with E-state index in [1.54, 1.807) is 25.3 Å². The molecule has 186 valence electrons. The van der Waals surface area contributed by atoms with Crippen LogP contribution in [0.4, 0.5) is 13.2 Å². The number of nitrogens with zero attached hydrogens (tertiary/aromatic N) is 2. The van der Waals surface area contributed by atoms with Crippen molar-refractivity contribution >= 4 is 23.5 Å². The number of alkyl halides is 3. The number of hydrogen-bond donors (Lipinski definition) is 1. The van der Waals surface area contributed by atoms with Crippen LogP contribution in [0.25, 0.3) is 10.6 Å². The molecule has 0 aliphatic heterocycles. The lowest BCUT2D eigenvalue weighted by atomic mass is 10.1. The molecule has 0 amide bonds. The van der Waals surface area contributed by atoms with Gasteiger partial charge >= 0.3 is 12.1 Å². The first-order valence-electron chi connectivity index (χ1n) is 10.9. The Morgan fingerprint density at radius 1 is 1.17 bits per heavy atom. The number of carbonyl (C=O) groups is 1. The normalized spacial score (nSPS) is 12.6.